The molecule has 2 aromatic rings. The number of piperazine rings is 1. The quantitative estimate of drug-likeness (QED) is 0.528. The van der Waals surface area contributed by atoms with Gasteiger partial charge in [0.2, 0.25) is 0 Å². The first-order chi connectivity index (χ1) is 19.0. The summed E-state index contributed by atoms with van der Waals surface area (Å²) in [5.41, 5.74) is -1.76. The van der Waals surface area contributed by atoms with Gasteiger partial charge in [-0.05, 0) is 57.0 Å². The van der Waals surface area contributed by atoms with E-state index in [0.29, 0.717) is 45.2 Å². The van der Waals surface area contributed by atoms with E-state index in [0.717, 1.165) is 49.9 Å². The Morgan fingerprint density at radius 3 is 2.58 bits per heavy atom. The summed E-state index contributed by atoms with van der Waals surface area (Å²) in [6, 6.07) is 3.34. The van der Waals surface area contributed by atoms with Crippen molar-refractivity contribution in [1.29, 1.82) is 0 Å². The third-order valence-electron chi connectivity index (χ3n) is 8.84. The highest BCUT2D eigenvalue weighted by Gasteiger charge is 2.47. The van der Waals surface area contributed by atoms with Gasteiger partial charge in [-0.15, -0.1) is 0 Å². The Bertz CT molecular complexity index is 1290. The van der Waals surface area contributed by atoms with Crippen LogP contribution in [-0.2, 0) is 12.7 Å². The number of urea groups is 1. The molecule has 1 spiro atoms. The molecule has 12 heteroatoms. The van der Waals surface area contributed by atoms with Crippen LogP contribution < -0.4 is 10.9 Å². The summed E-state index contributed by atoms with van der Waals surface area (Å²) in [5.74, 6) is -1.14. The van der Waals surface area contributed by atoms with E-state index in [1.165, 1.54) is 0 Å². The number of pyridine rings is 1. The van der Waals surface area contributed by atoms with Crippen molar-refractivity contribution in [1.82, 2.24) is 25.0 Å². The van der Waals surface area contributed by atoms with Crippen LogP contribution in [0.25, 0.3) is 0 Å². The smallest absolute Gasteiger partial charge is 0.328 e. The number of hydrogen-bond donors (Lipinski definition) is 2. The van der Waals surface area contributed by atoms with Crippen molar-refractivity contribution in [3.63, 3.8) is 0 Å². The van der Waals surface area contributed by atoms with Crippen LogP contribution in [0, 0.1) is 11.6 Å². The molecule has 1 aromatic carbocycles. The number of aromatic amines is 1. The Hall–Kier alpha value is -2.99. The minimum Gasteiger partial charge on any atom is -0.328 e. The number of H-pyrrole nitrogens is 1. The zero-order valence-corrected chi connectivity index (χ0v) is 22.4. The predicted octanol–water partition coefficient (Wildman–Crippen LogP) is 4.65. The lowest BCUT2D eigenvalue weighted by Crippen LogP contribution is -2.64. The first-order valence-corrected chi connectivity index (χ1v) is 13.7. The monoisotopic (exact) mass is 567 g/mol. The van der Waals surface area contributed by atoms with E-state index >= 15 is 0 Å². The number of hydrogen-bond acceptors (Lipinski definition) is 4. The highest BCUT2D eigenvalue weighted by atomic mass is 19.4. The lowest BCUT2D eigenvalue weighted by molar-refractivity contribution is -0.137. The Morgan fingerprint density at radius 1 is 1.12 bits per heavy atom. The van der Waals surface area contributed by atoms with Gasteiger partial charge in [-0.1, -0.05) is 12.8 Å². The number of piperidine rings is 1. The molecule has 0 radical (unpaired) electrons. The van der Waals surface area contributed by atoms with Gasteiger partial charge in [-0.2, -0.15) is 13.2 Å². The highest BCUT2D eigenvalue weighted by molar-refractivity contribution is 5.75. The lowest BCUT2D eigenvalue weighted by atomic mass is 9.90. The average molecular weight is 568 g/mol. The largest absolute Gasteiger partial charge is 0.417 e. The number of likely N-dealkylation sites (tertiary alicyclic amines) is 1. The summed E-state index contributed by atoms with van der Waals surface area (Å²) in [4.78, 5) is 34.0. The number of nitrogens with one attached hydrogen (secondary N) is 2. The van der Waals surface area contributed by atoms with Gasteiger partial charge in [0.05, 0.1) is 11.6 Å². The van der Waals surface area contributed by atoms with Gasteiger partial charge in [0.25, 0.3) is 5.56 Å². The Labute approximate surface area is 229 Å². The molecule has 1 saturated carbocycles. The molecule has 2 amide bonds. The van der Waals surface area contributed by atoms with Crippen LogP contribution in [-0.4, -0.2) is 70.5 Å². The minimum atomic E-state index is -4.58. The Kier molecular flexibility index (Phi) is 7.93. The summed E-state index contributed by atoms with van der Waals surface area (Å²) in [6.07, 6.45) is 0.515. The molecule has 0 bridgehead atoms. The standard InChI is InChI=1S/C28H34F5N5O2/c1-34-21-6-9-38(24(14-21)22-13-20(29)4-5-23(22)30)26(40)36-10-11-37(27(17-36)7-2-3-8-27)16-18-12-19(28(31,32)33)15-35-25(18)39/h4-5,12-13,15,21,24,34H,2-3,6-11,14,16-17H2,1H3,(H,35,39)/t21-,24+/m1/s1. The van der Waals surface area contributed by atoms with Crippen molar-refractivity contribution >= 4 is 6.03 Å². The first kappa shape index (κ1) is 28.5. The van der Waals surface area contributed by atoms with E-state index in [1.54, 1.807) is 16.8 Å². The van der Waals surface area contributed by atoms with Crippen LogP contribution in [0.4, 0.5) is 26.7 Å². The number of carbonyl (C=O) groups excluding carboxylic acids is 1. The summed E-state index contributed by atoms with van der Waals surface area (Å²) in [6.45, 7) is 1.46. The molecule has 5 rings (SSSR count). The van der Waals surface area contributed by atoms with Crippen LogP contribution in [0.1, 0.15) is 61.3 Å². The van der Waals surface area contributed by atoms with Crippen LogP contribution in [0.2, 0.25) is 0 Å². The summed E-state index contributed by atoms with van der Waals surface area (Å²) >= 11 is 0. The SMILES string of the molecule is CN[C@@H]1CCN(C(=O)N2CCN(Cc3cc(C(F)(F)F)c[nH]c3=O)C3(CCCC3)C2)[C@H](c2cc(F)ccc2F)C1. The van der Waals surface area contributed by atoms with Crippen molar-refractivity contribution in [2.75, 3.05) is 33.2 Å². The predicted molar refractivity (Wildman–Crippen MR) is 139 cm³/mol. The minimum absolute atomic E-state index is 0.0386. The zero-order valence-electron chi connectivity index (χ0n) is 22.4. The number of amides is 2. The van der Waals surface area contributed by atoms with Crippen molar-refractivity contribution < 1.29 is 26.7 Å². The molecule has 2 aliphatic heterocycles. The molecule has 3 aliphatic rings. The second-order valence-corrected chi connectivity index (χ2v) is 11.2. The van der Waals surface area contributed by atoms with Gasteiger partial charge in [-0.3, -0.25) is 9.69 Å². The fourth-order valence-corrected chi connectivity index (χ4v) is 6.65. The molecule has 218 valence electrons. The van der Waals surface area contributed by atoms with Crippen LogP contribution in [0.5, 0.6) is 0 Å². The number of aromatic nitrogens is 1. The van der Waals surface area contributed by atoms with Gasteiger partial charge in [0, 0.05) is 61.6 Å². The van der Waals surface area contributed by atoms with Gasteiger partial charge < -0.3 is 20.1 Å². The first-order valence-electron chi connectivity index (χ1n) is 13.7. The van der Waals surface area contributed by atoms with E-state index < -0.39 is 40.5 Å². The summed E-state index contributed by atoms with van der Waals surface area (Å²) < 4.78 is 68.9. The topological polar surface area (TPSA) is 71.7 Å². The molecule has 3 fully saturated rings. The van der Waals surface area contributed by atoms with E-state index in [-0.39, 0.29) is 29.7 Å². The third kappa shape index (κ3) is 5.60. The molecule has 2 N–H and O–H groups in total. The molecule has 3 heterocycles. The number of nitrogens with zero attached hydrogens (tertiary/aromatic N) is 3. The second-order valence-electron chi connectivity index (χ2n) is 11.2. The van der Waals surface area contributed by atoms with Crippen LogP contribution >= 0.6 is 0 Å². The fourth-order valence-electron chi connectivity index (χ4n) is 6.65. The number of alkyl halides is 3. The van der Waals surface area contributed by atoms with Crippen molar-refractivity contribution in [3.05, 3.63) is 69.1 Å². The van der Waals surface area contributed by atoms with Gasteiger partial charge in [0.15, 0.2) is 0 Å². The molecular formula is C28H34F5N5O2. The van der Waals surface area contributed by atoms with Crippen molar-refractivity contribution in [2.24, 2.45) is 0 Å². The van der Waals surface area contributed by atoms with Crippen LogP contribution in [0.3, 0.4) is 0 Å². The lowest BCUT2D eigenvalue weighted by Gasteiger charge is -2.51. The normalized spacial score (nSPS) is 23.6. The molecule has 1 aliphatic carbocycles. The zero-order chi connectivity index (χ0) is 28.7. The molecule has 1 aromatic heterocycles. The van der Waals surface area contributed by atoms with E-state index in [4.69, 9.17) is 0 Å². The van der Waals surface area contributed by atoms with Crippen molar-refractivity contribution in [2.45, 2.75) is 68.9 Å². The average Bonchev–Trinajstić information content (AvgIpc) is 3.39. The van der Waals surface area contributed by atoms with E-state index in [1.807, 2.05) is 4.90 Å². The molecule has 2 atom stereocenters. The highest BCUT2D eigenvalue weighted by Crippen LogP contribution is 2.41. The number of rotatable bonds is 4. The van der Waals surface area contributed by atoms with Gasteiger partial charge in [-0.25, -0.2) is 13.6 Å². The van der Waals surface area contributed by atoms with Crippen LogP contribution in [0.15, 0.2) is 35.3 Å². The van der Waals surface area contributed by atoms with E-state index in [9.17, 15) is 31.5 Å². The fraction of sp³-hybridized carbons (Fsp3) is 0.571. The molecule has 40 heavy (non-hydrogen) atoms. The number of carbonyl (C=O) groups is 1. The van der Waals surface area contributed by atoms with Gasteiger partial charge in [0.1, 0.15) is 11.6 Å². The molecule has 2 saturated heterocycles. The molecule has 0 unspecified atom stereocenters. The number of halogens is 5. The number of benzene rings is 1. The Morgan fingerprint density at radius 2 is 1.88 bits per heavy atom. The molecule has 7 nitrogen and oxygen atoms in total. The maximum Gasteiger partial charge on any atom is 0.417 e. The maximum absolute atomic E-state index is 14.9. The summed E-state index contributed by atoms with van der Waals surface area (Å²) in [5, 5.41) is 3.19. The molecular weight excluding hydrogens is 533 g/mol. The Balaban J connectivity index is 1.38. The maximum atomic E-state index is 14.9. The second kappa shape index (κ2) is 11.1. The van der Waals surface area contributed by atoms with Gasteiger partial charge >= 0.3 is 12.2 Å². The third-order valence-corrected chi connectivity index (χ3v) is 8.84. The summed E-state index contributed by atoms with van der Waals surface area (Å²) in [7, 11) is 1.81. The van der Waals surface area contributed by atoms with E-state index in [2.05, 4.69) is 10.3 Å². The van der Waals surface area contributed by atoms with Crippen molar-refractivity contribution in [3.8, 4) is 0 Å².